The van der Waals surface area contributed by atoms with E-state index in [9.17, 15) is 0 Å². The van der Waals surface area contributed by atoms with Crippen molar-refractivity contribution in [3.05, 3.63) is 54.6 Å². The van der Waals surface area contributed by atoms with Crippen LogP contribution >= 0.6 is 38.9 Å². The molecule has 1 N–H and O–H groups in total. The second-order valence-corrected chi connectivity index (χ2v) is 7.14. The van der Waals surface area contributed by atoms with Gasteiger partial charge in [0.1, 0.15) is 0 Å². The molecule has 0 spiro atoms. The van der Waals surface area contributed by atoms with Crippen LogP contribution in [0.2, 0.25) is 5.02 Å². The highest BCUT2D eigenvalue weighted by atomic mass is 79.9. The van der Waals surface area contributed by atoms with Crippen molar-refractivity contribution in [1.82, 2.24) is 5.32 Å². The molecule has 0 saturated carbocycles. The molecule has 1 nitrogen and oxygen atoms in total. The number of hydrogen-bond acceptors (Lipinski definition) is 2. The largest absolute Gasteiger partial charge is 0.306 e. The average Bonchev–Trinajstić information content (AvgIpc) is 2.66. The van der Waals surface area contributed by atoms with Crippen LogP contribution in [0.15, 0.2) is 28.7 Å². The number of halogens is 2. The van der Waals surface area contributed by atoms with E-state index in [1.807, 2.05) is 23.5 Å². The number of benzene rings is 1. The zero-order valence-corrected chi connectivity index (χ0v) is 14.4. The van der Waals surface area contributed by atoms with Gasteiger partial charge in [0, 0.05) is 19.2 Å². The molecule has 0 aliphatic rings. The monoisotopic (exact) mass is 357 g/mol. The molecule has 1 aromatic carbocycles. The fourth-order valence-corrected chi connectivity index (χ4v) is 4.27. The Morgan fingerprint density at radius 3 is 2.58 bits per heavy atom. The van der Waals surface area contributed by atoms with E-state index in [1.165, 1.54) is 20.9 Å². The second kappa shape index (κ2) is 6.40. The molecule has 0 aliphatic carbocycles. The molecule has 0 bridgehead atoms. The van der Waals surface area contributed by atoms with Gasteiger partial charge in [-0.1, -0.05) is 40.5 Å². The quantitative estimate of drug-likeness (QED) is 0.763. The summed E-state index contributed by atoms with van der Waals surface area (Å²) in [4.78, 5) is 2.72. The third kappa shape index (κ3) is 3.40. The number of thiophene rings is 1. The minimum atomic E-state index is 0.218. The van der Waals surface area contributed by atoms with Crippen LogP contribution in [-0.2, 0) is 0 Å². The zero-order valence-electron chi connectivity index (χ0n) is 11.3. The fourth-order valence-electron chi connectivity index (χ4n) is 2.23. The molecular formula is C15H17BrClNS. The zero-order chi connectivity index (χ0) is 14.0. The van der Waals surface area contributed by atoms with E-state index in [0.717, 1.165) is 16.0 Å². The number of aryl methyl sites for hydroxylation is 2. The Bertz CT molecular complexity index is 580. The van der Waals surface area contributed by atoms with Crippen LogP contribution in [0.3, 0.4) is 0 Å². The first kappa shape index (κ1) is 15.0. The Labute approximate surface area is 132 Å². The van der Waals surface area contributed by atoms with Crippen LogP contribution in [0.1, 0.15) is 33.8 Å². The summed E-state index contributed by atoms with van der Waals surface area (Å²) in [5.41, 5.74) is 2.58. The topological polar surface area (TPSA) is 12.0 Å². The lowest BCUT2D eigenvalue weighted by Crippen LogP contribution is -2.22. The predicted molar refractivity (Wildman–Crippen MR) is 88.5 cm³/mol. The molecule has 2 rings (SSSR count). The third-order valence-corrected chi connectivity index (χ3v) is 5.16. The molecule has 102 valence electrons. The SMILES string of the molecule is CCNC(c1ccc(Cl)cc1Br)c1sc(C)cc1C. The van der Waals surface area contributed by atoms with E-state index >= 15 is 0 Å². The normalized spacial score (nSPS) is 12.7. The van der Waals surface area contributed by atoms with Crippen molar-refractivity contribution in [2.24, 2.45) is 0 Å². The van der Waals surface area contributed by atoms with E-state index in [2.05, 4.69) is 54.2 Å². The van der Waals surface area contributed by atoms with Gasteiger partial charge < -0.3 is 5.32 Å². The van der Waals surface area contributed by atoms with Gasteiger partial charge in [0.2, 0.25) is 0 Å². The van der Waals surface area contributed by atoms with Crippen LogP contribution < -0.4 is 5.32 Å². The summed E-state index contributed by atoms with van der Waals surface area (Å²) in [7, 11) is 0. The van der Waals surface area contributed by atoms with Gasteiger partial charge >= 0.3 is 0 Å². The molecule has 1 unspecified atom stereocenters. The van der Waals surface area contributed by atoms with Crippen molar-refractivity contribution >= 4 is 38.9 Å². The Morgan fingerprint density at radius 2 is 2.05 bits per heavy atom. The predicted octanol–water partition coefficient (Wildman–Crippen LogP) is 5.48. The highest BCUT2D eigenvalue weighted by Gasteiger charge is 2.19. The highest BCUT2D eigenvalue weighted by Crippen LogP contribution is 2.36. The minimum Gasteiger partial charge on any atom is -0.306 e. The van der Waals surface area contributed by atoms with Crippen LogP contribution in [0.5, 0.6) is 0 Å². The van der Waals surface area contributed by atoms with Gasteiger partial charge in [0.25, 0.3) is 0 Å². The molecule has 19 heavy (non-hydrogen) atoms. The third-order valence-electron chi connectivity index (χ3n) is 3.02. The van der Waals surface area contributed by atoms with E-state index < -0.39 is 0 Å². The Hall–Kier alpha value is -0.350. The molecule has 0 fully saturated rings. The smallest absolute Gasteiger partial charge is 0.0684 e. The molecule has 1 aromatic heterocycles. The summed E-state index contributed by atoms with van der Waals surface area (Å²) in [5, 5.41) is 4.32. The lowest BCUT2D eigenvalue weighted by atomic mass is 10.0. The van der Waals surface area contributed by atoms with E-state index in [0.29, 0.717) is 0 Å². The summed E-state index contributed by atoms with van der Waals surface area (Å²) in [5.74, 6) is 0. The number of nitrogens with one attached hydrogen (secondary N) is 1. The maximum absolute atomic E-state index is 6.03. The molecular weight excluding hydrogens is 342 g/mol. The van der Waals surface area contributed by atoms with Gasteiger partial charge in [0.15, 0.2) is 0 Å². The molecule has 2 aromatic rings. The summed E-state index contributed by atoms with van der Waals surface area (Å²) in [6.07, 6.45) is 0. The highest BCUT2D eigenvalue weighted by molar-refractivity contribution is 9.10. The summed E-state index contributed by atoms with van der Waals surface area (Å²) >= 11 is 11.5. The van der Waals surface area contributed by atoms with Crippen molar-refractivity contribution in [1.29, 1.82) is 0 Å². The Morgan fingerprint density at radius 1 is 1.32 bits per heavy atom. The Balaban J connectivity index is 2.48. The lowest BCUT2D eigenvalue weighted by Gasteiger charge is -2.20. The molecule has 0 radical (unpaired) electrons. The minimum absolute atomic E-state index is 0.218. The van der Waals surface area contributed by atoms with Gasteiger partial charge in [-0.3, -0.25) is 0 Å². The van der Waals surface area contributed by atoms with Gasteiger partial charge in [-0.25, -0.2) is 0 Å². The molecule has 1 atom stereocenters. The first-order chi connectivity index (χ1) is 9.02. The van der Waals surface area contributed by atoms with Crippen LogP contribution in [-0.4, -0.2) is 6.54 Å². The van der Waals surface area contributed by atoms with Crippen LogP contribution in [0.4, 0.5) is 0 Å². The second-order valence-electron chi connectivity index (χ2n) is 4.56. The number of hydrogen-bond donors (Lipinski definition) is 1. The molecule has 0 aliphatic heterocycles. The van der Waals surface area contributed by atoms with Crippen molar-refractivity contribution < 1.29 is 0 Å². The van der Waals surface area contributed by atoms with Crippen molar-refractivity contribution in [3.63, 3.8) is 0 Å². The first-order valence-electron chi connectivity index (χ1n) is 6.28. The summed E-state index contributed by atoms with van der Waals surface area (Å²) < 4.78 is 1.05. The summed E-state index contributed by atoms with van der Waals surface area (Å²) in [6, 6.07) is 8.46. The standard InChI is InChI=1S/C15H17BrClNS/c1-4-18-14(15-9(2)7-10(3)19-15)12-6-5-11(17)8-13(12)16/h5-8,14,18H,4H2,1-3H3. The van der Waals surface area contributed by atoms with E-state index in [-0.39, 0.29) is 6.04 Å². The molecule has 4 heteroatoms. The average molecular weight is 359 g/mol. The van der Waals surface area contributed by atoms with Gasteiger partial charge in [0.05, 0.1) is 6.04 Å². The fraction of sp³-hybridized carbons (Fsp3) is 0.333. The molecule has 0 saturated heterocycles. The van der Waals surface area contributed by atoms with Crippen molar-refractivity contribution in [2.75, 3.05) is 6.54 Å². The molecule has 1 heterocycles. The van der Waals surface area contributed by atoms with Gasteiger partial charge in [-0.05, 0) is 49.7 Å². The van der Waals surface area contributed by atoms with Crippen molar-refractivity contribution in [3.8, 4) is 0 Å². The van der Waals surface area contributed by atoms with Gasteiger partial charge in [-0.2, -0.15) is 0 Å². The maximum atomic E-state index is 6.03. The van der Waals surface area contributed by atoms with Crippen molar-refractivity contribution in [2.45, 2.75) is 26.8 Å². The number of rotatable bonds is 4. The van der Waals surface area contributed by atoms with Crippen LogP contribution in [0.25, 0.3) is 0 Å². The Kier molecular flexibility index (Phi) is 5.07. The maximum Gasteiger partial charge on any atom is 0.0684 e. The lowest BCUT2D eigenvalue weighted by molar-refractivity contribution is 0.635. The van der Waals surface area contributed by atoms with Crippen LogP contribution in [0, 0.1) is 13.8 Å². The van der Waals surface area contributed by atoms with E-state index in [1.54, 1.807) is 0 Å². The van der Waals surface area contributed by atoms with E-state index in [4.69, 9.17) is 11.6 Å². The van der Waals surface area contributed by atoms with Gasteiger partial charge in [-0.15, -0.1) is 11.3 Å². The molecule has 0 amide bonds. The summed E-state index contributed by atoms with van der Waals surface area (Å²) in [6.45, 7) is 7.39. The first-order valence-corrected chi connectivity index (χ1v) is 8.27.